The number of halogens is 1. The van der Waals surface area contributed by atoms with Gasteiger partial charge in [0, 0.05) is 25.4 Å². The lowest BCUT2D eigenvalue weighted by molar-refractivity contribution is 0.379. The maximum absolute atomic E-state index is 5.77. The lowest BCUT2D eigenvalue weighted by Gasteiger charge is -2.05. The number of nitrogens with one attached hydrogen (secondary N) is 1. The zero-order chi connectivity index (χ0) is 13.8. The fourth-order valence-electron chi connectivity index (χ4n) is 1.71. The molecule has 102 valence electrons. The minimum absolute atomic E-state index is 0.0938. The second kappa shape index (κ2) is 5.83. The van der Waals surface area contributed by atoms with E-state index in [1.807, 2.05) is 13.2 Å². The number of nitrogens with zero attached hydrogens (tertiary/aromatic N) is 5. The normalized spacial score (nSPS) is 10.5. The molecular formula is C11H15ClN6O. The van der Waals surface area contributed by atoms with Crippen molar-refractivity contribution in [2.24, 2.45) is 7.05 Å². The van der Waals surface area contributed by atoms with Gasteiger partial charge in [-0.1, -0.05) is 6.92 Å². The first-order valence-electron chi connectivity index (χ1n) is 5.83. The molecule has 0 saturated heterocycles. The molecule has 0 spiro atoms. The fourth-order valence-corrected chi connectivity index (χ4v) is 1.86. The quantitative estimate of drug-likeness (QED) is 0.894. The molecule has 2 aromatic heterocycles. The van der Waals surface area contributed by atoms with Gasteiger partial charge in [0.05, 0.1) is 12.8 Å². The van der Waals surface area contributed by atoms with Gasteiger partial charge >= 0.3 is 6.01 Å². The number of hydrogen-bond acceptors (Lipinski definition) is 6. The number of rotatable bonds is 5. The Labute approximate surface area is 116 Å². The number of aryl methyl sites for hydroxylation is 2. The van der Waals surface area contributed by atoms with Crippen LogP contribution in [0.4, 0.5) is 5.95 Å². The molecule has 1 N–H and O–H groups in total. The molecule has 0 saturated carbocycles. The summed E-state index contributed by atoms with van der Waals surface area (Å²) in [5.41, 5.74) is 2.14. The molecular weight excluding hydrogens is 268 g/mol. The Morgan fingerprint density at radius 3 is 2.84 bits per heavy atom. The average Bonchev–Trinajstić information content (AvgIpc) is 2.76. The summed E-state index contributed by atoms with van der Waals surface area (Å²) in [6.07, 6.45) is 2.84. The Morgan fingerprint density at radius 1 is 1.37 bits per heavy atom. The smallest absolute Gasteiger partial charge is 0.322 e. The van der Waals surface area contributed by atoms with Crippen LogP contribution in [-0.4, -0.2) is 31.8 Å². The van der Waals surface area contributed by atoms with Gasteiger partial charge in [0.1, 0.15) is 0 Å². The van der Waals surface area contributed by atoms with Crippen molar-refractivity contribution in [3.63, 3.8) is 0 Å². The molecule has 19 heavy (non-hydrogen) atoms. The molecule has 0 aliphatic rings. The molecule has 0 fully saturated rings. The van der Waals surface area contributed by atoms with Crippen molar-refractivity contribution >= 4 is 17.5 Å². The molecule has 0 radical (unpaired) electrons. The van der Waals surface area contributed by atoms with Crippen LogP contribution in [0.5, 0.6) is 6.01 Å². The maximum atomic E-state index is 5.77. The summed E-state index contributed by atoms with van der Waals surface area (Å²) in [6, 6.07) is 0.185. The second-order valence-electron chi connectivity index (χ2n) is 3.90. The molecule has 8 heteroatoms. The molecule has 0 aliphatic carbocycles. The van der Waals surface area contributed by atoms with Gasteiger partial charge in [0.25, 0.3) is 0 Å². The Bertz CT molecular complexity index is 570. The first kappa shape index (κ1) is 13.5. The van der Waals surface area contributed by atoms with Crippen LogP contribution in [0, 0.1) is 0 Å². The molecule has 2 heterocycles. The van der Waals surface area contributed by atoms with Crippen molar-refractivity contribution in [1.29, 1.82) is 0 Å². The van der Waals surface area contributed by atoms with Crippen LogP contribution in [0.1, 0.15) is 18.2 Å². The topological polar surface area (TPSA) is 77.8 Å². The van der Waals surface area contributed by atoms with Gasteiger partial charge in [-0.15, -0.1) is 0 Å². The summed E-state index contributed by atoms with van der Waals surface area (Å²) < 4.78 is 6.72. The summed E-state index contributed by atoms with van der Waals surface area (Å²) in [5, 5.41) is 7.54. The molecule has 0 aliphatic heterocycles. The van der Waals surface area contributed by atoms with Gasteiger partial charge in [0.2, 0.25) is 11.2 Å². The van der Waals surface area contributed by atoms with E-state index in [0.717, 1.165) is 17.7 Å². The van der Waals surface area contributed by atoms with Crippen molar-refractivity contribution in [3.05, 3.63) is 22.7 Å². The summed E-state index contributed by atoms with van der Waals surface area (Å²) in [5.74, 6) is 0.378. The number of anilines is 1. The highest BCUT2D eigenvalue weighted by Gasteiger charge is 2.08. The lowest BCUT2D eigenvalue weighted by Crippen LogP contribution is -2.06. The number of ether oxygens (including phenoxy) is 1. The third-order valence-corrected chi connectivity index (χ3v) is 2.70. The third kappa shape index (κ3) is 3.31. The van der Waals surface area contributed by atoms with Gasteiger partial charge < -0.3 is 10.1 Å². The largest absolute Gasteiger partial charge is 0.467 e. The molecule has 2 aromatic rings. The van der Waals surface area contributed by atoms with Crippen LogP contribution in [0.25, 0.3) is 0 Å². The fraction of sp³-hybridized carbons (Fsp3) is 0.455. The Hall–Kier alpha value is -1.89. The van der Waals surface area contributed by atoms with Crippen LogP contribution >= 0.6 is 11.6 Å². The van der Waals surface area contributed by atoms with Gasteiger partial charge in [-0.05, 0) is 18.0 Å². The minimum Gasteiger partial charge on any atom is -0.467 e. The number of hydrogen-bond donors (Lipinski definition) is 1. The zero-order valence-electron chi connectivity index (χ0n) is 11.0. The summed E-state index contributed by atoms with van der Waals surface area (Å²) >= 11 is 5.77. The molecule has 0 unspecified atom stereocenters. The number of aromatic nitrogens is 5. The monoisotopic (exact) mass is 282 g/mol. The van der Waals surface area contributed by atoms with E-state index in [1.165, 1.54) is 7.11 Å². The third-order valence-electron chi connectivity index (χ3n) is 2.53. The van der Waals surface area contributed by atoms with Crippen LogP contribution < -0.4 is 10.1 Å². The van der Waals surface area contributed by atoms with Crippen molar-refractivity contribution < 1.29 is 4.74 Å². The van der Waals surface area contributed by atoms with Gasteiger partial charge in [-0.2, -0.15) is 20.1 Å². The second-order valence-corrected chi connectivity index (χ2v) is 4.23. The first-order valence-corrected chi connectivity index (χ1v) is 6.21. The van der Waals surface area contributed by atoms with E-state index in [4.69, 9.17) is 16.3 Å². The van der Waals surface area contributed by atoms with Crippen molar-refractivity contribution in [1.82, 2.24) is 24.7 Å². The van der Waals surface area contributed by atoms with Crippen LogP contribution in [0.3, 0.4) is 0 Å². The highest BCUT2D eigenvalue weighted by Crippen LogP contribution is 2.13. The predicted octanol–water partition coefficient (Wildman–Crippen LogP) is 1.44. The SMILES string of the molecule is CCc1nn(C)cc1CNc1nc(Cl)nc(OC)n1. The molecule has 7 nitrogen and oxygen atoms in total. The van der Waals surface area contributed by atoms with Crippen molar-refractivity contribution in [3.8, 4) is 6.01 Å². The van der Waals surface area contributed by atoms with E-state index >= 15 is 0 Å². The average molecular weight is 283 g/mol. The lowest BCUT2D eigenvalue weighted by atomic mass is 10.2. The van der Waals surface area contributed by atoms with Crippen molar-refractivity contribution in [2.45, 2.75) is 19.9 Å². The van der Waals surface area contributed by atoms with Crippen LogP contribution in [0.15, 0.2) is 6.20 Å². The summed E-state index contributed by atoms with van der Waals surface area (Å²) in [6.45, 7) is 2.63. The summed E-state index contributed by atoms with van der Waals surface area (Å²) in [7, 11) is 3.37. The molecule has 0 aromatic carbocycles. The van der Waals surface area contributed by atoms with E-state index < -0.39 is 0 Å². The van der Waals surface area contributed by atoms with Crippen LogP contribution in [0.2, 0.25) is 5.28 Å². The van der Waals surface area contributed by atoms with E-state index in [2.05, 4.69) is 32.3 Å². The predicted molar refractivity (Wildman–Crippen MR) is 71.3 cm³/mol. The van der Waals surface area contributed by atoms with Crippen molar-refractivity contribution in [2.75, 3.05) is 12.4 Å². The molecule has 0 atom stereocenters. The highest BCUT2D eigenvalue weighted by molar-refractivity contribution is 6.28. The van der Waals surface area contributed by atoms with Gasteiger partial charge in [-0.3, -0.25) is 4.68 Å². The minimum atomic E-state index is 0.0938. The van der Waals surface area contributed by atoms with Gasteiger partial charge in [-0.25, -0.2) is 0 Å². The highest BCUT2D eigenvalue weighted by atomic mass is 35.5. The molecule has 2 rings (SSSR count). The molecule has 0 bridgehead atoms. The number of methoxy groups -OCH3 is 1. The Balaban J connectivity index is 2.11. The Morgan fingerprint density at radius 2 is 2.16 bits per heavy atom. The van der Waals surface area contributed by atoms with Gasteiger partial charge in [0.15, 0.2) is 0 Å². The van der Waals surface area contributed by atoms with E-state index in [9.17, 15) is 0 Å². The Kier molecular flexibility index (Phi) is 4.16. The first-order chi connectivity index (χ1) is 9.12. The zero-order valence-corrected chi connectivity index (χ0v) is 11.8. The van der Waals surface area contributed by atoms with E-state index in [1.54, 1.807) is 4.68 Å². The standard InChI is InChI=1S/C11H15ClN6O/c1-4-8-7(6-18(2)17-8)5-13-10-14-9(12)15-11(16-10)19-3/h6H,4-5H2,1-3H3,(H,13,14,15,16). The summed E-state index contributed by atoms with van der Waals surface area (Å²) in [4.78, 5) is 11.9. The maximum Gasteiger partial charge on any atom is 0.322 e. The van der Waals surface area contributed by atoms with E-state index in [-0.39, 0.29) is 11.3 Å². The van der Waals surface area contributed by atoms with Crippen LogP contribution in [-0.2, 0) is 20.0 Å². The van der Waals surface area contributed by atoms with E-state index in [0.29, 0.717) is 12.5 Å². The molecule has 0 amide bonds.